The molecule has 1 aromatic rings. The molecule has 0 saturated heterocycles. The quantitative estimate of drug-likeness (QED) is 0.789. The molecule has 0 spiro atoms. The number of ether oxygens (including phenoxy) is 2. The molecule has 0 aliphatic rings. The first kappa shape index (κ1) is 12.3. The maximum atomic E-state index is 10.4. The van der Waals surface area contributed by atoms with E-state index in [2.05, 4.69) is 0 Å². The van der Waals surface area contributed by atoms with Gasteiger partial charge >= 0.3 is 5.97 Å². The van der Waals surface area contributed by atoms with Gasteiger partial charge in [-0.25, -0.2) is 0 Å². The van der Waals surface area contributed by atoms with Crippen molar-refractivity contribution in [2.24, 2.45) is 0 Å². The molecule has 16 heavy (non-hydrogen) atoms. The molecule has 0 saturated carbocycles. The summed E-state index contributed by atoms with van der Waals surface area (Å²) in [6, 6.07) is 4.79. The number of aliphatic hydroxyl groups is 1. The summed E-state index contributed by atoms with van der Waals surface area (Å²) in [7, 11) is 2.98. The minimum Gasteiger partial charge on any atom is -0.493 e. The number of benzene rings is 1. The van der Waals surface area contributed by atoms with Gasteiger partial charge in [0.25, 0.3) is 0 Å². The van der Waals surface area contributed by atoms with Gasteiger partial charge in [-0.3, -0.25) is 4.79 Å². The van der Waals surface area contributed by atoms with Gasteiger partial charge in [0.15, 0.2) is 11.5 Å². The Bertz CT molecular complexity index is 375. The van der Waals surface area contributed by atoms with Gasteiger partial charge in [0, 0.05) is 0 Å². The number of carboxylic acids is 1. The highest BCUT2D eigenvalue weighted by Gasteiger charge is 2.14. The van der Waals surface area contributed by atoms with Crippen molar-refractivity contribution < 1.29 is 24.5 Å². The topological polar surface area (TPSA) is 76.0 Å². The highest BCUT2D eigenvalue weighted by molar-refractivity contribution is 5.67. The monoisotopic (exact) mass is 226 g/mol. The molecular formula is C11H14O5. The van der Waals surface area contributed by atoms with Crippen LogP contribution in [0.1, 0.15) is 18.1 Å². The second kappa shape index (κ2) is 5.37. The highest BCUT2D eigenvalue weighted by atomic mass is 16.5. The van der Waals surface area contributed by atoms with E-state index in [0.717, 1.165) is 0 Å². The van der Waals surface area contributed by atoms with Crippen molar-refractivity contribution in [1.82, 2.24) is 0 Å². The van der Waals surface area contributed by atoms with Crippen LogP contribution in [0.4, 0.5) is 0 Å². The van der Waals surface area contributed by atoms with Gasteiger partial charge in [0.1, 0.15) is 0 Å². The van der Waals surface area contributed by atoms with Crippen LogP contribution in [0, 0.1) is 0 Å². The van der Waals surface area contributed by atoms with Crippen LogP contribution in [-0.4, -0.2) is 30.4 Å². The van der Waals surface area contributed by atoms with Gasteiger partial charge in [0.2, 0.25) is 0 Å². The fourth-order valence-corrected chi connectivity index (χ4v) is 1.34. The Morgan fingerprint density at radius 1 is 1.31 bits per heavy atom. The summed E-state index contributed by atoms with van der Waals surface area (Å²) in [5.41, 5.74) is 0.486. The Kier molecular flexibility index (Phi) is 4.13. The van der Waals surface area contributed by atoms with E-state index in [0.29, 0.717) is 17.1 Å². The lowest BCUT2D eigenvalue weighted by Gasteiger charge is -2.12. The molecule has 1 atom stereocenters. The molecule has 1 aromatic carbocycles. The third-order valence-corrected chi connectivity index (χ3v) is 2.16. The second-order valence-electron chi connectivity index (χ2n) is 3.23. The van der Waals surface area contributed by atoms with E-state index in [-0.39, 0.29) is 6.42 Å². The first-order valence-electron chi connectivity index (χ1n) is 4.70. The molecule has 0 amide bonds. The lowest BCUT2D eigenvalue weighted by atomic mass is 10.1. The minimum atomic E-state index is -1.05. The first-order chi connectivity index (χ1) is 7.58. The third kappa shape index (κ3) is 2.87. The number of hydrogen-bond donors (Lipinski definition) is 2. The van der Waals surface area contributed by atoms with Crippen molar-refractivity contribution in [2.75, 3.05) is 14.2 Å². The van der Waals surface area contributed by atoms with E-state index >= 15 is 0 Å². The summed E-state index contributed by atoms with van der Waals surface area (Å²) in [5, 5.41) is 18.2. The van der Waals surface area contributed by atoms with Crippen LogP contribution in [0.15, 0.2) is 18.2 Å². The number of carboxylic acid groups (broad SMARTS) is 1. The fraction of sp³-hybridized carbons (Fsp3) is 0.364. The normalized spacial score (nSPS) is 11.9. The van der Waals surface area contributed by atoms with Crippen LogP contribution < -0.4 is 9.47 Å². The molecule has 1 rings (SSSR count). The van der Waals surface area contributed by atoms with E-state index in [4.69, 9.17) is 14.6 Å². The molecular weight excluding hydrogens is 212 g/mol. The molecule has 0 aromatic heterocycles. The molecule has 0 bridgehead atoms. The van der Waals surface area contributed by atoms with Crippen LogP contribution in [0.5, 0.6) is 11.5 Å². The predicted molar refractivity (Wildman–Crippen MR) is 56.8 cm³/mol. The Morgan fingerprint density at radius 2 is 1.94 bits per heavy atom. The summed E-state index contributed by atoms with van der Waals surface area (Å²) < 4.78 is 10.1. The van der Waals surface area contributed by atoms with E-state index in [9.17, 15) is 9.90 Å². The Hall–Kier alpha value is -1.75. The van der Waals surface area contributed by atoms with Crippen molar-refractivity contribution in [3.8, 4) is 11.5 Å². The van der Waals surface area contributed by atoms with E-state index in [1.165, 1.54) is 14.2 Å². The number of hydrogen-bond acceptors (Lipinski definition) is 4. The number of rotatable bonds is 5. The van der Waals surface area contributed by atoms with Crippen molar-refractivity contribution >= 4 is 5.97 Å². The van der Waals surface area contributed by atoms with E-state index in [1.54, 1.807) is 18.2 Å². The zero-order valence-corrected chi connectivity index (χ0v) is 9.14. The molecule has 0 heterocycles. The predicted octanol–water partition coefficient (Wildman–Crippen LogP) is 1.21. The van der Waals surface area contributed by atoms with Crippen LogP contribution in [0.25, 0.3) is 0 Å². The van der Waals surface area contributed by atoms with Gasteiger partial charge in [-0.2, -0.15) is 0 Å². The largest absolute Gasteiger partial charge is 0.493 e. The molecule has 0 fully saturated rings. The van der Waals surface area contributed by atoms with Gasteiger partial charge in [0.05, 0.1) is 26.7 Å². The summed E-state index contributed by atoms with van der Waals surface area (Å²) in [6.07, 6.45) is -1.38. The zero-order valence-electron chi connectivity index (χ0n) is 9.14. The number of aliphatic hydroxyl groups excluding tert-OH is 1. The van der Waals surface area contributed by atoms with E-state index in [1.807, 2.05) is 0 Å². The molecule has 0 aliphatic carbocycles. The second-order valence-corrected chi connectivity index (χ2v) is 3.23. The van der Waals surface area contributed by atoms with Gasteiger partial charge < -0.3 is 19.7 Å². The zero-order chi connectivity index (χ0) is 12.1. The fourth-order valence-electron chi connectivity index (χ4n) is 1.34. The molecule has 88 valence electrons. The van der Waals surface area contributed by atoms with Crippen LogP contribution in [0.2, 0.25) is 0 Å². The molecule has 5 heteroatoms. The van der Waals surface area contributed by atoms with Gasteiger partial charge in [-0.1, -0.05) is 6.07 Å². The lowest BCUT2D eigenvalue weighted by Crippen LogP contribution is -2.05. The Labute approximate surface area is 93.2 Å². The number of aliphatic carboxylic acids is 1. The summed E-state index contributed by atoms with van der Waals surface area (Å²) >= 11 is 0. The highest BCUT2D eigenvalue weighted by Crippen LogP contribution is 2.30. The van der Waals surface area contributed by atoms with Crippen LogP contribution in [0.3, 0.4) is 0 Å². The average molecular weight is 226 g/mol. The number of carbonyl (C=O) groups is 1. The van der Waals surface area contributed by atoms with Crippen LogP contribution in [-0.2, 0) is 4.79 Å². The molecule has 0 radical (unpaired) electrons. The van der Waals surface area contributed by atoms with Crippen molar-refractivity contribution in [3.63, 3.8) is 0 Å². The maximum Gasteiger partial charge on any atom is 0.306 e. The molecule has 0 aliphatic heterocycles. The number of methoxy groups -OCH3 is 2. The molecule has 5 nitrogen and oxygen atoms in total. The third-order valence-electron chi connectivity index (χ3n) is 2.16. The van der Waals surface area contributed by atoms with Crippen molar-refractivity contribution in [2.45, 2.75) is 12.5 Å². The lowest BCUT2D eigenvalue weighted by molar-refractivity contribution is -0.139. The minimum absolute atomic E-state index is 0.338. The molecule has 1 unspecified atom stereocenters. The van der Waals surface area contributed by atoms with Crippen LogP contribution >= 0.6 is 0 Å². The average Bonchev–Trinajstić information content (AvgIpc) is 2.27. The first-order valence-corrected chi connectivity index (χ1v) is 4.70. The standard InChI is InChI=1S/C11H14O5/c1-15-9-4-3-7(5-10(9)16-2)8(12)6-11(13)14/h3-5,8,12H,6H2,1-2H3,(H,13,14). The summed E-state index contributed by atoms with van der Waals surface area (Å²) in [6.45, 7) is 0. The maximum absolute atomic E-state index is 10.4. The van der Waals surface area contributed by atoms with Gasteiger partial charge in [-0.15, -0.1) is 0 Å². The van der Waals surface area contributed by atoms with Gasteiger partial charge in [-0.05, 0) is 17.7 Å². The Morgan fingerprint density at radius 3 is 2.44 bits per heavy atom. The SMILES string of the molecule is COc1ccc(C(O)CC(=O)O)cc1OC. The van der Waals surface area contributed by atoms with Crippen molar-refractivity contribution in [3.05, 3.63) is 23.8 Å². The Balaban J connectivity index is 2.93. The molecule has 2 N–H and O–H groups in total. The van der Waals surface area contributed by atoms with Crippen molar-refractivity contribution in [1.29, 1.82) is 0 Å². The summed E-state index contributed by atoms with van der Waals surface area (Å²) in [5.74, 6) is -0.0551. The summed E-state index contributed by atoms with van der Waals surface area (Å²) in [4.78, 5) is 10.4. The smallest absolute Gasteiger partial charge is 0.306 e. The van der Waals surface area contributed by atoms with E-state index < -0.39 is 12.1 Å².